The molecule has 2 aromatic rings. The van der Waals surface area contributed by atoms with E-state index < -0.39 is 23.1 Å². The lowest BCUT2D eigenvalue weighted by molar-refractivity contribution is 0.549. The number of benzene rings is 1. The molecule has 1 aromatic heterocycles. The Morgan fingerprint density at radius 2 is 1.79 bits per heavy atom. The number of halogens is 3. The van der Waals surface area contributed by atoms with Gasteiger partial charge in [-0.1, -0.05) is 0 Å². The molecule has 0 fully saturated rings. The molecule has 96 valence electrons. The summed E-state index contributed by atoms with van der Waals surface area (Å²) in [5.41, 5.74) is 5.27. The van der Waals surface area contributed by atoms with Crippen LogP contribution in [0.2, 0.25) is 0 Å². The number of nitrogens with two attached hydrogens (primary N) is 1. The molecule has 0 unspecified atom stereocenters. The average molecular weight is 264 g/mol. The molecule has 0 radical (unpaired) electrons. The SMILES string of the molecule is N#Cc1cnc(Nc2c(F)cc(F)cc2F)c(N)c1. The average Bonchev–Trinajstić information content (AvgIpc) is 2.35. The van der Waals surface area contributed by atoms with Gasteiger partial charge in [0.2, 0.25) is 0 Å². The van der Waals surface area contributed by atoms with E-state index in [1.807, 2.05) is 6.07 Å². The summed E-state index contributed by atoms with van der Waals surface area (Å²) in [6, 6.07) is 4.19. The van der Waals surface area contributed by atoms with Gasteiger partial charge in [-0.05, 0) is 6.07 Å². The van der Waals surface area contributed by atoms with Crippen molar-refractivity contribution in [2.75, 3.05) is 11.1 Å². The van der Waals surface area contributed by atoms with Gasteiger partial charge in [0.15, 0.2) is 17.5 Å². The summed E-state index contributed by atoms with van der Waals surface area (Å²) >= 11 is 0. The van der Waals surface area contributed by atoms with Gasteiger partial charge in [0.25, 0.3) is 0 Å². The lowest BCUT2D eigenvalue weighted by Crippen LogP contribution is -2.03. The Hall–Kier alpha value is -2.75. The second-order valence-electron chi connectivity index (χ2n) is 3.64. The first-order valence-electron chi connectivity index (χ1n) is 5.08. The molecular weight excluding hydrogens is 257 g/mol. The Labute approximate surface area is 106 Å². The second kappa shape index (κ2) is 4.86. The van der Waals surface area contributed by atoms with Crippen LogP contribution >= 0.6 is 0 Å². The Morgan fingerprint density at radius 3 is 2.32 bits per heavy atom. The number of rotatable bonds is 2. The maximum atomic E-state index is 13.4. The summed E-state index contributed by atoms with van der Waals surface area (Å²) in [6.45, 7) is 0. The molecule has 7 heteroatoms. The molecule has 0 bridgehead atoms. The highest BCUT2D eigenvalue weighted by atomic mass is 19.1. The van der Waals surface area contributed by atoms with Gasteiger partial charge in [0.1, 0.15) is 17.6 Å². The van der Waals surface area contributed by atoms with Gasteiger partial charge < -0.3 is 11.1 Å². The van der Waals surface area contributed by atoms with Crippen molar-refractivity contribution in [2.24, 2.45) is 0 Å². The standard InChI is InChI=1S/C12H7F3N4/c13-7-2-8(14)11(9(15)3-7)19-12-10(17)1-6(4-16)5-18-12/h1-3,5H,17H2,(H,18,19). The highest BCUT2D eigenvalue weighted by Crippen LogP contribution is 2.26. The van der Waals surface area contributed by atoms with Gasteiger partial charge in [-0.15, -0.1) is 0 Å². The van der Waals surface area contributed by atoms with Gasteiger partial charge in [-0.3, -0.25) is 0 Å². The third-order valence-electron chi connectivity index (χ3n) is 2.30. The maximum absolute atomic E-state index is 13.4. The molecule has 4 nitrogen and oxygen atoms in total. The smallest absolute Gasteiger partial charge is 0.153 e. The van der Waals surface area contributed by atoms with Crippen molar-refractivity contribution in [1.29, 1.82) is 5.26 Å². The fourth-order valence-electron chi connectivity index (χ4n) is 1.43. The molecule has 1 aromatic carbocycles. The summed E-state index contributed by atoms with van der Waals surface area (Å²) in [6.07, 6.45) is 1.19. The Morgan fingerprint density at radius 1 is 1.16 bits per heavy atom. The number of hydrogen-bond donors (Lipinski definition) is 2. The van der Waals surface area contributed by atoms with Crippen LogP contribution in [0.1, 0.15) is 5.56 Å². The van der Waals surface area contributed by atoms with Crippen molar-refractivity contribution in [3.8, 4) is 6.07 Å². The monoisotopic (exact) mass is 264 g/mol. The lowest BCUT2D eigenvalue weighted by Gasteiger charge is -2.10. The summed E-state index contributed by atoms with van der Waals surface area (Å²) in [5.74, 6) is -3.27. The van der Waals surface area contributed by atoms with Crippen molar-refractivity contribution >= 4 is 17.2 Å². The third kappa shape index (κ3) is 2.57. The quantitative estimate of drug-likeness (QED) is 0.874. The summed E-state index contributed by atoms with van der Waals surface area (Å²) in [7, 11) is 0. The number of nitrogens with one attached hydrogen (secondary N) is 1. The molecular formula is C12H7F3N4. The predicted molar refractivity (Wildman–Crippen MR) is 63.0 cm³/mol. The fraction of sp³-hybridized carbons (Fsp3) is 0. The van der Waals surface area contributed by atoms with Crippen molar-refractivity contribution in [2.45, 2.75) is 0 Å². The molecule has 1 heterocycles. The molecule has 0 aliphatic heterocycles. The number of nitrogen functional groups attached to an aromatic ring is 1. The second-order valence-corrected chi connectivity index (χ2v) is 3.64. The molecule has 0 aliphatic rings. The third-order valence-corrected chi connectivity index (χ3v) is 2.30. The van der Waals surface area contributed by atoms with E-state index in [9.17, 15) is 13.2 Å². The highest BCUT2D eigenvalue weighted by molar-refractivity contribution is 5.70. The van der Waals surface area contributed by atoms with Gasteiger partial charge in [-0.2, -0.15) is 5.26 Å². The van der Waals surface area contributed by atoms with Crippen LogP contribution in [-0.4, -0.2) is 4.98 Å². The summed E-state index contributed by atoms with van der Waals surface area (Å²) < 4.78 is 39.6. The largest absolute Gasteiger partial charge is 0.396 e. The van der Waals surface area contributed by atoms with Gasteiger partial charge >= 0.3 is 0 Å². The van der Waals surface area contributed by atoms with E-state index in [0.717, 1.165) is 0 Å². The Bertz CT molecular complexity index is 656. The number of aromatic nitrogens is 1. The maximum Gasteiger partial charge on any atom is 0.153 e. The molecule has 0 saturated heterocycles. The minimum atomic E-state index is -1.11. The Kier molecular flexibility index (Phi) is 3.25. The fourth-order valence-corrected chi connectivity index (χ4v) is 1.43. The van der Waals surface area contributed by atoms with E-state index in [-0.39, 0.29) is 17.1 Å². The Balaban J connectivity index is 2.40. The zero-order valence-electron chi connectivity index (χ0n) is 9.42. The molecule has 0 amide bonds. The van der Waals surface area contributed by atoms with Crippen LogP contribution in [0.5, 0.6) is 0 Å². The minimum absolute atomic E-state index is 0.0246. The van der Waals surface area contributed by atoms with Crippen LogP contribution in [0, 0.1) is 28.8 Å². The summed E-state index contributed by atoms with van der Waals surface area (Å²) in [5, 5.41) is 11.0. The van der Waals surface area contributed by atoms with Crippen LogP contribution in [0.3, 0.4) is 0 Å². The topological polar surface area (TPSA) is 74.7 Å². The first-order valence-corrected chi connectivity index (χ1v) is 5.08. The van der Waals surface area contributed by atoms with E-state index in [1.54, 1.807) is 0 Å². The molecule has 0 saturated carbocycles. The van der Waals surface area contributed by atoms with Crippen LogP contribution < -0.4 is 11.1 Å². The van der Waals surface area contributed by atoms with Crippen LogP contribution in [0.4, 0.5) is 30.4 Å². The van der Waals surface area contributed by atoms with E-state index in [0.29, 0.717) is 12.1 Å². The normalized spacial score (nSPS) is 10.0. The first kappa shape index (κ1) is 12.7. The predicted octanol–water partition coefficient (Wildman–Crippen LogP) is 2.70. The van der Waals surface area contributed by atoms with Gasteiger partial charge in [0.05, 0.1) is 11.3 Å². The van der Waals surface area contributed by atoms with Gasteiger partial charge in [0, 0.05) is 18.3 Å². The van der Waals surface area contributed by atoms with Crippen LogP contribution in [0.15, 0.2) is 24.4 Å². The van der Waals surface area contributed by atoms with Crippen LogP contribution in [0.25, 0.3) is 0 Å². The number of nitrogens with zero attached hydrogens (tertiary/aromatic N) is 2. The zero-order chi connectivity index (χ0) is 14.0. The molecule has 19 heavy (non-hydrogen) atoms. The van der Waals surface area contributed by atoms with Crippen molar-refractivity contribution in [3.63, 3.8) is 0 Å². The first-order chi connectivity index (χ1) is 9.01. The van der Waals surface area contributed by atoms with Crippen molar-refractivity contribution in [1.82, 2.24) is 4.98 Å². The lowest BCUT2D eigenvalue weighted by atomic mass is 10.2. The zero-order valence-corrected chi connectivity index (χ0v) is 9.42. The van der Waals surface area contributed by atoms with Crippen molar-refractivity contribution < 1.29 is 13.2 Å². The number of pyridine rings is 1. The highest BCUT2D eigenvalue weighted by Gasteiger charge is 2.13. The van der Waals surface area contributed by atoms with E-state index in [4.69, 9.17) is 11.0 Å². The number of anilines is 3. The molecule has 0 spiro atoms. The van der Waals surface area contributed by atoms with E-state index in [1.165, 1.54) is 12.3 Å². The van der Waals surface area contributed by atoms with Crippen LogP contribution in [-0.2, 0) is 0 Å². The number of hydrogen-bond acceptors (Lipinski definition) is 4. The molecule has 0 aliphatic carbocycles. The van der Waals surface area contributed by atoms with Gasteiger partial charge in [-0.25, -0.2) is 18.2 Å². The minimum Gasteiger partial charge on any atom is -0.396 e. The molecule has 0 atom stereocenters. The molecule has 2 rings (SSSR count). The van der Waals surface area contributed by atoms with Crippen molar-refractivity contribution in [3.05, 3.63) is 47.4 Å². The molecule has 3 N–H and O–H groups in total. The number of nitriles is 1. The summed E-state index contributed by atoms with van der Waals surface area (Å²) in [4.78, 5) is 3.76. The van der Waals surface area contributed by atoms with E-state index in [2.05, 4.69) is 10.3 Å². The van der Waals surface area contributed by atoms with E-state index >= 15 is 0 Å².